The summed E-state index contributed by atoms with van der Waals surface area (Å²) in [5, 5.41) is 2.74. The summed E-state index contributed by atoms with van der Waals surface area (Å²) in [5.74, 6) is 0. The predicted molar refractivity (Wildman–Crippen MR) is 97.1 cm³/mol. The summed E-state index contributed by atoms with van der Waals surface area (Å²) in [5.41, 5.74) is 0. The lowest BCUT2D eigenvalue weighted by Gasteiger charge is -2.32. The van der Waals surface area contributed by atoms with Gasteiger partial charge in [-0.25, -0.2) is 0 Å². The molecule has 0 saturated carbocycles. The second kappa shape index (κ2) is 15.4. The maximum atomic E-state index is 6.58. The van der Waals surface area contributed by atoms with E-state index >= 15 is 0 Å². The molecule has 0 heterocycles. The second-order valence-corrected chi connectivity index (χ2v) is 9.06. The van der Waals surface area contributed by atoms with Gasteiger partial charge in [0, 0.05) is 13.1 Å². The van der Waals surface area contributed by atoms with Gasteiger partial charge in [0.05, 0.1) is 6.23 Å². The molecule has 0 saturated heterocycles. The molecule has 21 heavy (non-hydrogen) atoms. The third kappa shape index (κ3) is 11.6. The Hall–Kier alpha value is 0.452. The molecule has 1 unspecified atom stereocenters. The first kappa shape index (κ1) is 21.5. The van der Waals surface area contributed by atoms with Crippen molar-refractivity contribution in [1.29, 1.82) is 0 Å². The zero-order valence-electron chi connectivity index (χ0n) is 15.5. The van der Waals surface area contributed by atoms with Crippen LogP contribution >= 0.6 is 0 Å². The topological polar surface area (TPSA) is 12.5 Å². The SMILES string of the molecule is CCCCN(CCCC)C(C)[O][Al]([CH2]CCC)[CH2]CCC. The molecule has 0 aliphatic rings. The highest BCUT2D eigenvalue weighted by Gasteiger charge is 2.24. The van der Waals surface area contributed by atoms with Crippen molar-refractivity contribution in [3.63, 3.8) is 0 Å². The summed E-state index contributed by atoms with van der Waals surface area (Å²) in [6, 6.07) is 0. The van der Waals surface area contributed by atoms with Gasteiger partial charge in [0.15, 0.2) is 0 Å². The van der Waals surface area contributed by atoms with Crippen LogP contribution in [0.1, 0.15) is 86.0 Å². The monoisotopic (exact) mass is 313 g/mol. The highest BCUT2D eigenvalue weighted by molar-refractivity contribution is 6.51. The van der Waals surface area contributed by atoms with Crippen LogP contribution in [0.3, 0.4) is 0 Å². The lowest BCUT2D eigenvalue weighted by Crippen LogP contribution is -2.40. The molecule has 3 heteroatoms. The molecule has 0 bridgehead atoms. The summed E-state index contributed by atoms with van der Waals surface area (Å²) in [6.07, 6.45) is 10.8. The molecular formula is C18H40AlNO. The molecular weight excluding hydrogens is 273 g/mol. The molecule has 0 aromatic heterocycles. The third-order valence-corrected chi connectivity index (χ3v) is 7.14. The Bertz CT molecular complexity index is 197. The lowest BCUT2D eigenvalue weighted by atomic mass is 10.2. The molecule has 0 aromatic carbocycles. The van der Waals surface area contributed by atoms with Gasteiger partial charge < -0.3 is 3.79 Å². The summed E-state index contributed by atoms with van der Waals surface area (Å²) in [6.45, 7) is 13.9. The van der Waals surface area contributed by atoms with Crippen molar-refractivity contribution in [1.82, 2.24) is 4.90 Å². The minimum absolute atomic E-state index is 0.341. The predicted octanol–water partition coefficient (Wildman–Crippen LogP) is 5.84. The molecule has 2 nitrogen and oxygen atoms in total. The van der Waals surface area contributed by atoms with Crippen LogP contribution in [0.5, 0.6) is 0 Å². The van der Waals surface area contributed by atoms with Crippen molar-refractivity contribution >= 4 is 14.5 Å². The van der Waals surface area contributed by atoms with Gasteiger partial charge in [-0.05, 0) is 19.8 Å². The number of unbranched alkanes of at least 4 members (excludes halogenated alkanes) is 4. The fourth-order valence-corrected chi connectivity index (χ4v) is 5.72. The molecule has 0 aliphatic carbocycles. The fourth-order valence-electron chi connectivity index (χ4n) is 2.71. The van der Waals surface area contributed by atoms with Crippen molar-refractivity contribution in [2.75, 3.05) is 13.1 Å². The molecule has 0 N–H and O–H groups in total. The summed E-state index contributed by atoms with van der Waals surface area (Å²) in [4.78, 5) is 2.59. The fraction of sp³-hybridized carbons (Fsp3) is 1.00. The van der Waals surface area contributed by atoms with Gasteiger partial charge in [0.25, 0.3) is 0 Å². The first-order valence-electron chi connectivity index (χ1n) is 9.58. The van der Waals surface area contributed by atoms with Crippen LogP contribution in [0.25, 0.3) is 0 Å². The Morgan fingerprint density at radius 2 is 1.19 bits per heavy atom. The Morgan fingerprint density at radius 1 is 0.762 bits per heavy atom. The zero-order chi connectivity index (χ0) is 15.9. The van der Waals surface area contributed by atoms with Crippen LogP contribution < -0.4 is 0 Å². The number of rotatable bonds is 15. The smallest absolute Gasteiger partial charge is 0.461 e. The van der Waals surface area contributed by atoms with E-state index in [1.165, 1.54) is 75.0 Å². The maximum absolute atomic E-state index is 6.58. The number of nitrogens with zero attached hydrogens (tertiary/aromatic N) is 1. The molecule has 0 fully saturated rings. The molecule has 0 aromatic rings. The number of hydrogen-bond donors (Lipinski definition) is 0. The van der Waals surface area contributed by atoms with Gasteiger partial charge >= 0.3 is 14.5 Å². The highest BCUT2D eigenvalue weighted by Crippen LogP contribution is 2.15. The van der Waals surface area contributed by atoms with E-state index in [4.69, 9.17) is 3.79 Å². The standard InChI is InChI=1S/C10H22NO.2C4H9.Al/c1-4-6-8-11(10(3)12)9-7-5-2;2*1-3-4-2;/h10H,4-9H2,1-3H3;2*1,3-4H2,2H3;/q-1;;;+1. The van der Waals surface area contributed by atoms with Gasteiger partial charge in [-0.3, -0.25) is 4.90 Å². The van der Waals surface area contributed by atoms with E-state index in [9.17, 15) is 0 Å². The molecule has 1 atom stereocenters. The van der Waals surface area contributed by atoms with Gasteiger partial charge in [-0.2, -0.15) is 0 Å². The number of hydrogen-bond acceptors (Lipinski definition) is 2. The van der Waals surface area contributed by atoms with E-state index in [0.29, 0.717) is 6.23 Å². The molecule has 0 aliphatic heterocycles. The van der Waals surface area contributed by atoms with Crippen molar-refractivity contribution < 1.29 is 3.79 Å². The molecule has 0 rings (SSSR count). The van der Waals surface area contributed by atoms with Gasteiger partial charge in [0.1, 0.15) is 0 Å². The van der Waals surface area contributed by atoms with Crippen LogP contribution in [-0.4, -0.2) is 38.7 Å². The second-order valence-electron chi connectivity index (χ2n) is 6.38. The third-order valence-electron chi connectivity index (χ3n) is 4.26. The van der Waals surface area contributed by atoms with Crippen molar-refractivity contribution in [2.45, 2.75) is 103 Å². The molecule has 0 radical (unpaired) electrons. The summed E-state index contributed by atoms with van der Waals surface area (Å²) < 4.78 is 6.58. The Balaban J connectivity index is 4.36. The van der Waals surface area contributed by atoms with Crippen LogP contribution in [0.2, 0.25) is 10.6 Å². The van der Waals surface area contributed by atoms with Crippen LogP contribution in [0.4, 0.5) is 0 Å². The molecule has 0 amide bonds. The van der Waals surface area contributed by atoms with Crippen molar-refractivity contribution in [2.24, 2.45) is 0 Å². The minimum atomic E-state index is -0.993. The quantitative estimate of drug-likeness (QED) is 0.278. The normalized spacial score (nSPS) is 12.9. The summed E-state index contributed by atoms with van der Waals surface area (Å²) in [7, 11) is 0. The lowest BCUT2D eigenvalue weighted by molar-refractivity contribution is 0.0344. The Labute approximate surface area is 139 Å². The molecule has 126 valence electrons. The molecule has 0 spiro atoms. The van der Waals surface area contributed by atoms with Gasteiger partial charge in [-0.1, -0.05) is 76.8 Å². The van der Waals surface area contributed by atoms with E-state index < -0.39 is 14.5 Å². The Morgan fingerprint density at radius 3 is 1.57 bits per heavy atom. The average Bonchev–Trinajstić information content (AvgIpc) is 2.49. The van der Waals surface area contributed by atoms with Crippen molar-refractivity contribution in [3.8, 4) is 0 Å². The van der Waals surface area contributed by atoms with E-state index in [1.807, 2.05) is 0 Å². The first-order chi connectivity index (χ1) is 10.2. The first-order valence-corrected chi connectivity index (χ1v) is 11.7. The van der Waals surface area contributed by atoms with Crippen LogP contribution in [-0.2, 0) is 3.79 Å². The summed E-state index contributed by atoms with van der Waals surface area (Å²) >= 11 is -0.993. The largest absolute Gasteiger partial charge is 0.487 e. The van der Waals surface area contributed by atoms with Crippen molar-refractivity contribution in [3.05, 3.63) is 0 Å². The van der Waals surface area contributed by atoms with E-state index in [1.54, 1.807) is 0 Å². The van der Waals surface area contributed by atoms with Crippen LogP contribution in [0.15, 0.2) is 0 Å². The average molecular weight is 314 g/mol. The van der Waals surface area contributed by atoms with E-state index in [-0.39, 0.29) is 0 Å². The maximum Gasteiger partial charge on any atom is 0.461 e. The van der Waals surface area contributed by atoms with E-state index in [0.717, 1.165) is 0 Å². The van der Waals surface area contributed by atoms with E-state index in [2.05, 4.69) is 39.5 Å². The highest BCUT2D eigenvalue weighted by atomic mass is 27.2. The minimum Gasteiger partial charge on any atom is -0.487 e. The van der Waals surface area contributed by atoms with Crippen LogP contribution in [0, 0.1) is 0 Å². The van der Waals surface area contributed by atoms with Gasteiger partial charge in [-0.15, -0.1) is 0 Å². The Kier molecular flexibility index (Phi) is 15.7. The zero-order valence-corrected chi connectivity index (χ0v) is 16.7. The van der Waals surface area contributed by atoms with Gasteiger partial charge in [0.2, 0.25) is 0 Å².